The Hall–Kier alpha value is -3.63. The van der Waals surface area contributed by atoms with E-state index in [1.807, 2.05) is 23.6 Å². The van der Waals surface area contributed by atoms with Gasteiger partial charge in [-0.2, -0.15) is 0 Å². The molecule has 0 amide bonds. The molecule has 0 bridgehead atoms. The molecular formula is C24H27N7O3. The summed E-state index contributed by atoms with van der Waals surface area (Å²) in [6, 6.07) is 5.51. The van der Waals surface area contributed by atoms with E-state index in [2.05, 4.69) is 25.3 Å². The molecule has 4 aromatic rings. The third-order valence-electron chi connectivity index (χ3n) is 5.85. The number of aliphatic hydroxyl groups is 1. The number of aromatic nitrogens is 6. The average molecular weight is 462 g/mol. The van der Waals surface area contributed by atoms with Crippen LogP contribution in [0.25, 0.3) is 22.4 Å². The van der Waals surface area contributed by atoms with Gasteiger partial charge in [0.1, 0.15) is 29.1 Å². The zero-order chi connectivity index (χ0) is 23.7. The maximum atomic E-state index is 10.2. The number of nitrogens with zero attached hydrogens (tertiary/aromatic N) is 6. The third-order valence-corrected chi connectivity index (χ3v) is 5.85. The molecule has 0 aromatic carbocycles. The number of rotatable bonds is 6. The van der Waals surface area contributed by atoms with Crippen LogP contribution in [0.2, 0.25) is 0 Å². The summed E-state index contributed by atoms with van der Waals surface area (Å²) in [4.78, 5) is 22.9. The summed E-state index contributed by atoms with van der Waals surface area (Å²) < 4.78 is 13.1. The van der Waals surface area contributed by atoms with Crippen LogP contribution in [0.5, 0.6) is 5.88 Å². The number of imidazole rings is 1. The molecule has 1 aliphatic rings. The summed E-state index contributed by atoms with van der Waals surface area (Å²) in [5.74, 6) is 1.70. The summed E-state index contributed by atoms with van der Waals surface area (Å²) in [7, 11) is 1.57. The Balaban J connectivity index is 1.63. The van der Waals surface area contributed by atoms with Gasteiger partial charge in [-0.1, -0.05) is 0 Å². The van der Waals surface area contributed by atoms with Crippen molar-refractivity contribution in [3.05, 3.63) is 48.3 Å². The Morgan fingerprint density at radius 3 is 2.76 bits per heavy atom. The maximum Gasteiger partial charge on any atom is 0.213 e. The first-order valence-electron chi connectivity index (χ1n) is 11.3. The molecule has 1 saturated heterocycles. The molecule has 34 heavy (non-hydrogen) atoms. The van der Waals surface area contributed by atoms with Crippen LogP contribution in [0.3, 0.4) is 0 Å². The first-order chi connectivity index (χ1) is 16.5. The van der Waals surface area contributed by atoms with E-state index < -0.39 is 6.10 Å². The SMILES string of the molecule is COc1ccc(Nc2ncc(C(C)O)cc2-c2nc(C)nc3c2ncn3C2CCCCO2)cn1. The molecule has 1 aliphatic heterocycles. The number of aryl methyl sites for hydroxylation is 1. The lowest BCUT2D eigenvalue weighted by Gasteiger charge is -2.23. The molecule has 10 heteroatoms. The standard InChI is InChI=1S/C24H27N7O3/c1-14(32)16-10-18(23(26-11-16)30-17-7-8-19(33-3)25-12-17)21-22-24(29-15(2)28-21)31(13-27-22)20-6-4-5-9-34-20/h7-8,10-14,20,32H,4-6,9H2,1-3H3,(H,26,30). The second-order valence-electron chi connectivity index (χ2n) is 8.32. The molecule has 176 valence electrons. The van der Waals surface area contributed by atoms with Gasteiger partial charge in [0.25, 0.3) is 0 Å². The van der Waals surface area contributed by atoms with E-state index in [1.54, 1.807) is 38.8 Å². The van der Waals surface area contributed by atoms with Gasteiger partial charge in [-0.15, -0.1) is 0 Å². The minimum Gasteiger partial charge on any atom is -0.481 e. The molecule has 0 radical (unpaired) electrons. The second kappa shape index (κ2) is 9.32. The Morgan fingerprint density at radius 1 is 1.18 bits per heavy atom. The van der Waals surface area contributed by atoms with Gasteiger partial charge in [0.15, 0.2) is 5.65 Å². The number of aliphatic hydroxyl groups excluding tert-OH is 1. The number of hydrogen-bond donors (Lipinski definition) is 2. The van der Waals surface area contributed by atoms with Crippen LogP contribution in [0.1, 0.15) is 49.9 Å². The van der Waals surface area contributed by atoms with E-state index in [1.165, 1.54) is 0 Å². The maximum absolute atomic E-state index is 10.2. The molecule has 0 aliphatic carbocycles. The molecule has 10 nitrogen and oxygen atoms in total. The first-order valence-corrected chi connectivity index (χ1v) is 11.3. The summed E-state index contributed by atoms with van der Waals surface area (Å²) in [6.07, 6.45) is 7.39. The monoisotopic (exact) mass is 461 g/mol. The zero-order valence-electron chi connectivity index (χ0n) is 19.4. The van der Waals surface area contributed by atoms with Gasteiger partial charge >= 0.3 is 0 Å². The molecule has 2 unspecified atom stereocenters. The van der Waals surface area contributed by atoms with Gasteiger partial charge in [-0.05, 0) is 50.8 Å². The second-order valence-corrected chi connectivity index (χ2v) is 8.32. The molecule has 5 rings (SSSR count). The quantitative estimate of drug-likeness (QED) is 0.437. The van der Waals surface area contributed by atoms with E-state index in [0.29, 0.717) is 45.5 Å². The third kappa shape index (κ3) is 4.29. The fourth-order valence-corrected chi connectivity index (χ4v) is 4.07. The highest BCUT2D eigenvalue weighted by Crippen LogP contribution is 2.35. The topological polar surface area (TPSA) is 120 Å². The van der Waals surface area contributed by atoms with Crippen LogP contribution in [-0.4, -0.2) is 48.3 Å². The highest BCUT2D eigenvalue weighted by molar-refractivity contribution is 5.92. The van der Waals surface area contributed by atoms with Crippen molar-refractivity contribution in [1.82, 2.24) is 29.5 Å². The van der Waals surface area contributed by atoms with Crippen LogP contribution in [0, 0.1) is 6.92 Å². The number of ether oxygens (including phenoxy) is 2. The van der Waals surface area contributed by atoms with Gasteiger partial charge < -0.3 is 19.9 Å². The van der Waals surface area contributed by atoms with Crippen LogP contribution in [0.4, 0.5) is 11.5 Å². The predicted octanol–water partition coefficient (Wildman–Crippen LogP) is 4.10. The number of nitrogens with one attached hydrogen (secondary N) is 1. The molecule has 4 aromatic heterocycles. The largest absolute Gasteiger partial charge is 0.481 e. The van der Waals surface area contributed by atoms with Crippen LogP contribution in [-0.2, 0) is 4.74 Å². The van der Waals surface area contributed by atoms with E-state index in [0.717, 1.165) is 31.6 Å². The highest BCUT2D eigenvalue weighted by Gasteiger charge is 2.23. The lowest BCUT2D eigenvalue weighted by atomic mass is 10.1. The van der Waals surface area contributed by atoms with Gasteiger partial charge in [-0.3, -0.25) is 4.57 Å². The van der Waals surface area contributed by atoms with E-state index >= 15 is 0 Å². The van der Waals surface area contributed by atoms with Crippen molar-refractivity contribution in [3.8, 4) is 17.1 Å². The summed E-state index contributed by atoms with van der Waals surface area (Å²) in [5.41, 5.74) is 4.13. The van der Waals surface area contributed by atoms with E-state index in [-0.39, 0.29) is 6.23 Å². The van der Waals surface area contributed by atoms with Gasteiger partial charge in [-0.25, -0.2) is 24.9 Å². The molecule has 0 saturated carbocycles. The van der Waals surface area contributed by atoms with Crippen molar-refractivity contribution in [3.63, 3.8) is 0 Å². The number of anilines is 2. The van der Waals surface area contributed by atoms with Crippen LogP contribution in [0.15, 0.2) is 36.9 Å². The normalized spacial score (nSPS) is 17.0. The van der Waals surface area contributed by atoms with Gasteiger partial charge in [0, 0.05) is 24.4 Å². The molecule has 5 heterocycles. The Labute approximate surface area is 197 Å². The van der Waals surface area contributed by atoms with Gasteiger partial charge in [0.05, 0.1) is 31.4 Å². The molecule has 2 N–H and O–H groups in total. The molecule has 1 fully saturated rings. The lowest BCUT2D eigenvalue weighted by molar-refractivity contribution is -0.0298. The first kappa shape index (κ1) is 22.2. The van der Waals surface area contributed by atoms with Crippen LogP contribution >= 0.6 is 0 Å². The van der Waals surface area contributed by atoms with Crippen molar-refractivity contribution in [1.29, 1.82) is 0 Å². The average Bonchev–Trinajstić information content (AvgIpc) is 3.28. The summed E-state index contributed by atoms with van der Waals surface area (Å²) in [5, 5.41) is 13.5. The summed E-state index contributed by atoms with van der Waals surface area (Å²) >= 11 is 0. The van der Waals surface area contributed by atoms with Crippen LogP contribution < -0.4 is 10.1 Å². The fourth-order valence-electron chi connectivity index (χ4n) is 4.07. The van der Waals surface area contributed by atoms with Crippen molar-refractivity contribution in [2.75, 3.05) is 19.0 Å². The van der Waals surface area contributed by atoms with Crippen molar-refractivity contribution >= 4 is 22.7 Å². The smallest absolute Gasteiger partial charge is 0.213 e. The minimum atomic E-state index is -0.686. The number of fused-ring (bicyclic) bond motifs is 1. The van der Waals surface area contributed by atoms with Crippen molar-refractivity contribution < 1.29 is 14.6 Å². The predicted molar refractivity (Wildman–Crippen MR) is 127 cm³/mol. The van der Waals surface area contributed by atoms with E-state index in [4.69, 9.17) is 14.5 Å². The van der Waals surface area contributed by atoms with Crippen molar-refractivity contribution in [2.24, 2.45) is 0 Å². The van der Waals surface area contributed by atoms with Crippen molar-refractivity contribution in [2.45, 2.75) is 45.4 Å². The Kier molecular flexibility index (Phi) is 6.08. The molecule has 0 spiro atoms. The number of hydrogen-bond acceptors (Lipinski definition) is 9. The number of pyridine rings is 2. The Bertz CT molecular complexity index is 1300. The lowest BCUT2D eigenvalue weighted by Crippen LogP contribution is -2.18. The van der Waals surface area contributed by atoms with E-state index in [9.17, 15) is 5.11 Å². The van der Waals surface area contributed by atoms with Gasteiger partial charge in [0.2, 0.25) is 5.88 Å². The zero-order valence-corrected chi connectivity index (χ0v) is 19.4. The Morgan fingerprint density at radius 2 is 2.06 bits per heavy atom. The molecule has 2 atom stereocenters. The fraction of sp³-hybridized carbons (Fsp3) is 0.375. The highest BCUT2D eigenvalue weighted by atomic mass is 16.5. The summed E-state index contributed by atoms with van der Waals surface area (Å²) in [6.45, 7) is 4.29. The minimum absolute atomic E-state index is 0.0919. The molecular weight excluding hydrogens is 434 g/mol. The number of methoxy groups -OCH3 is 1.